The minimum atomic E-state index is -1.96. The summed E-state index contributed by atoms with van der Waals surface area (Å²) in [6.45, 7) is 2.95. The predicted molar refractivity (Wildman–Crippen MR) is 201 cm³/mol. The van der Waals surface area contributed by atoms with Gasteiger partial charge in [-0.05, 0) is 50.2 Å². The number of ketones is 2. The molecule has 58 heavy (non-hydrogen) atoms. The lowest BCUT2D eigenvalue weighted by Gasteiger charge is -2.11. The van der Waals surface area contributed by atoms with Crippen LogP contribution >= 0.6 is 0 Å². The number of methoxy groups -OCH3 is 1. The van der Waals surface area contributed by atoms with E-state index < -0.39 is 70.0 Å². The van der Waals surface area contributed by atoms with Crippen LogP contribution in [0.2, 0.25) is 0 Å². The van der Waals surface area contributed by atoms with Gasteiger partial charge in [-0.3, -0.25) is 14.4 Å². The summed E-state index contributed by atoms with van der Waals surface area (Å²) in [4.78, 5) is 55.0. The van der Waals surface area contributed by atoms with Crippen molar-refractivity contribution in [2.24, 2.45) is 5.73 Å². The number of nitrogens with two attached hydrogens (primary N) is 3. The molecule has 19 heteroatoms. The van der Waals surface area contributed by atoms with Crippen LogP contribution in [-0.4, -0.2) is 87.1 Å². The van der Waals surface area contributed by atoms with Crippen LogP contribution in [-0.2, 0) is 14.3 Å². The zero-order chi connectivity index (χ0) is 42.0. The first-order valence-corrected chi connectivity index (χ1v) is 16.7. The number of aliphatic hydroxyl groups is 2. The number of benzene rings is 2. The summed E-state index contributed by atoms with van der Waals surface area (Å²) in [6, 6.07) is 7.55. The summed E-state index contributed by atoms with van der Waals surface area (Å²) in [5, 5.41) is 26.1. The molecule has 4 atom stereocenters. The fourth-order valence-electron chi connectivity index (χ4n) is 5.61. The van der Waals surface area contributed by atoms with Crippen molar-refractivity contribution >= 4 is 34.8 Å². The first-order chi connectivity index (χ1) is 26.8. The van der Waals surface area contributed by atoms with Crippen molar-refractivity contribution in [3.05, 3.63) is 94.3 Å². The lowest BCUT2D eigenvalue weighted by atomic mass is 9.98. The highest BCUT2D eigenvalue weighted by molar-refractivity contribution is 5.98. The fourth-order valence-corrected chi connectivity index (χ4v) is 5.61. The Morgan fingerprint density at radius 1 is 0.741 bits per heavy atom. The van der Waals surface area contributed by atoms with Gasteiger partial charge in [0, 0.05) is 36.3 Å². The number of carbonyl (C=O) groups excluding carboxylic acids is 4. The van der Waals surface area contributed by atoms with Crippen LogP contribution in [0.5, 0.6) is 0 Å². The topological polar surface area (TPSA) is 281 Å². The second-order valence-electron chi connectivity index (χ2n) is 12.9. The van der Waals surface area contributed by atoms with Gasteiger partial charge in [0.15, 0.2) is 34.2 Å². The Kier molecular flexibility index (Phi) is 13.0. The molecule has 2 saturated heterocycles. The van der Waals surface area contributed by atoms with Crippen molar-refractivity contribution in [1.29, 1.82) is 0 Å². The molecule has 2 aliphatic rings. The van der Waals surface area contributed by atoms with Crippen LogP contribution in [0.25, 0.3) is 22.5 Å². The average Bonchev–Trinajstić information content (AvgIpc) is 3.58. The van der Waals surface area contributed by atoms with E-state index in [9.17, 15) is 47.0 Å². The summed E-state index contributed by atoms with van der Waals surface area (Å²) in [7, 11) is 1.15. The van der Waals surface area contributed by atoms with Crippen molar-refractivity contribution in [2.75, 3.05) is 31.7 Å². The molecule has 15 nitrogen and oxygen atoms in total. The van der Waals surface area contributed by atoms with Crippen molar-refractivity contribution in [1.82, 2.24) is 26.8 Å². The monoisotopic (exact) mass is 804 g/mol. The molecular formula is C39H36F4N8O7. The number of Topliss-reactive ketones (excluding diaryl/α,β-unsaturated/α-hetero) is 2. The molecule has 0 aliphatic carbocycles. The summed E-state index contributed by atoms with van der Waals surface area (Å²) >= 11 is 0. The minimum Gasteiger partial charge on any atom is -0.464 e. The molecule has 1 amide bonds. The molecule has 6 rings (SSSR count). The van der Waals surface area contributed by atoms with Crippen LogP contribution in [0.15, 0.2) is 48.5 Å². The van der Waals surface area contributed by atoms with Gasteiger partial charge >= 0.3 is 5.97 Å². The number of primary amides is 1. The highest BCUT2D eigenvalue weighted by Crippen LogP contribution is 2.28. The van der Waals surface area contributed by atoms with Gasteiger partial charge in [-0.2, -0.15) is 0 Å². The number of β-amino-alcohol motifs (C(OH)–C–C–N with tert-alkyl or cyclic N) is 2. The Hall–Kier alpha value is -6.74. The third-order valence-corrected chi connectivity index (χ3v) is 8.87. The Balaban J connectivity index is 0.000000252. The molecule has 2 fully saturated rings. The fraction of sp³-hybridized carbons (Fsp3) is 0.231. The first-order valence-electron chi connectivity index (χ1n) is 16.7. The molecular weight excluding hydrogens is 768 g/mol. The number of amides is 1. The number of hydrogen-bond acceptors (Lipinski definition) is 14. The van der Waals surface area contributed by atoms with Gasteiger partial charge in [-0.15, -0.1) is 0 Å². The summed E-state index contributed by atoms with van der Waals surface area (Å²) in [5.74, 6) is 2.88. The molecule has 0 radical (unpaired) electrons. The smallest absolute Gasteiger partial charge is 0.358 e. The van der Waals surface area contributed by atoms with Crippen LogP contribution in [0, 0.1) is 47.0 Å². The summed E-state index contributed by atoms with van der Waals surface area (Å²) in [6.07, 6.45) is 0. The number of esters is 1. The van der Waals surface area contributed by atoms with Crippen molar-refractivity contribution in [3.8, 4) is 46.2 Å². The van der Waals surface area contributed by atoms with E-state index in [1.165, 1.54) is 24.3 Å². The van der Waals surface area contributed by atoms with E-state index in [0.29, 0.717) is 12.1 Å². The molecule has 2 unspecified atom stereocenters. The molecule has 2 aromatic carbocycles. The average molecular weight is 805 g/mol. The molecule has 0 spiro atoms. The predicted octanol–water partition coefficient (Wildman–Crippen LogP) is 1.55. The van der Waals surface area contributed by atoms with Crippen molar-refractivity contribution in [3.63, 3.8) is 0 Å². The number of pyridine rings is 2. The quantitative estimate of drug-likeness (QED) is 0.0826. The van der Waals surface area contributed by atoms with Gasteiger partial charge < -0.3 is 48.9 Å². The third kappa shape index (κ3) is 8.94. The largest absolute Gasteiger partial charge is 0.464 e. The number of rotatable bonds is 4. The third-order valence-electron chi connectivity index (χ3n) is 8.87. The molecule has 2 aromatic heterocycles. The molecule has 4 aromatic rings. The Morgan fingerprint density at radius 3 is 1.50 bits per heavy atom. The van der Waals surface area contributed by atoms with E-state index in [1.54, 1.807) is 13.8 Å². The van der Waals surface area contributed by atoms with Gasteiger partial charge in [0.25, 0.3) is 5.91 Å². The van der Waals surface area contributed by atoms with Crippen LogP contribution in [0.4, 0.5) is 28.9 Å². The van der Waals surface area contributed by atoms with E-state index >= 15 is 0 Å². The van der Waals surface area contributed by atoms with E-state index in [0.717, 1.165) is 19.2 Å². The maximum absolute atomic E-state index is 14.4. The van der Waals surface area contributed by atoms with Gasteiger partial charge in [-0.25, -0.2) is 32.3 Å². The minimum absolute atomic E-state index is 0. The Morgan fingerprint density at radius 2 is 1.14 bits per heavy atom. The molecule has 4 heterocycles. The number of ether oxygens (including phenoxy) is 1. The zero-order valence-corrected chi connectivity index (χ0v) is 31.0. The van der Waals surface area contributed by atoms with Crippen LogP contribution in [0.1, 0.15) is 46.0 Å². The standard InChI is InChI=1S/C20H17F2N3O4.C19H16F2N4O3.H3N/c1-10-18(26)20(28,9-24-10)6-5-11-7-12(14(22)8-13(11)21)16-4-3-15(23)17(25-16)19(27)29-2;1-9-17(26)19(28,8-24-9)5-4-10-6-11(13(21)7-12(10)20)15-3-2-14(22)16(25-15)18(23)27;/h3-4,7-8,10,24,28H,9,23H2,1-2H3;2-3,6-7,9,24,28H,8,22H2,1H3,(H2,23,27);1H3/t10?,20-;9?,19-;/m00./s1. The second-order valence-corrected chi connectivity index (χ2v) is 12.9. The van der Waals surface area contributed by atoms with Crippen molar-refractivity contribution < 1.29 is 51.7 Å². The van der Waals surface area contributed by atoms with E-state index in [2.05, 4.69) is 49.0 Å². The maximum Gasteiger partial charge on any atom is 0.358 e. The number of nitrogens with zero attached hydrogens (tertiary/aromatic N) is 2. The highest BCUT2D eigenvalue weighted by Gasteiger charge is 2.44. The molecule has 13 N–H and O–H groups in total. The SMILES string of the molecule is CC1NC[C@@](O)(C#Cc2cc(-c3ccc(N)c(C(N)=O)n3)c(F)cc2F)C1=O.COC(=O)c1nc(-c2cc(C#C[C@]3(O)CNC(C)C3=O)c(F)cc2F)ccc1N.N. The second kappa shape index (κ2) is 17.2. The molecule has 302 valence electrons. The van der Waals surface area contributed by atoms with Gasteiger partial charge in [0.2, 0.25) is 0 Å². The number of anilines is 2. The van der Waals surface area contributed by atoms with Crippen LogP contribution in [0.3, 0.4) is 0 Å². The maximum atomic E-state index is 14.4. The van der Waals surface area contributed by atoms with Gasteiger partial charge in [0.05, 0.1) is 53.1 Å². The first kappa shape index (κ1) is 44.0. The number of carbonyl (C=O) groups is 4. The number of aromatic nitrogens is 2. The van der Waals surface area contributed by atoms with E-state index in [1.807, 2.05) is 0 Å². The van der Waals surface area contributed by atoms with E-state index in [4.69, 9.17) is 17.2 Å². The number of nitrogen functional groups attached to an aromatic ring is 2. The Bertz CT molecular complexity index is 2480. The normalized spacial score (nSPS) is 20.7. The highest BCUT2D eigenvalue weighted by atomic mass is 19.1. The Labute approximate surface area is 328 Å². The number of halogens is 4. The van der Waals surface area contributed by atoms with Crippen LogP contribution < -0.4 is 34.0 Å². The lowest BCUT2D eigenvalue weighted by Crippen LogP contribution is -2.37. The lowest BCUT2D eigenvalue weighted by molar-refractivity contribution is -0.129. The van der Waals surface area contributed by atoms with Gasteiger partial charge in [0.1, 0.15) is 23.3 Å². The summed E-state index contributed by atoms with van der Waals surface area (Å²) in [5.41, 5.74) is 11.4. The van der Waals surface area contributed by atoms with E-state index in [-0.39, 0.29) is 75.6 Å². The number of nitrogens with one attached hydrogen (secondary N) is 2. The zero-order valence-electron chi connectivity index (χ0n) is 31.0. The molecule has 2 aliphatic heterocycles. The molecule has 0 bridgehead atoms. The molecule has 0 saturated carbocycles. The van der Waals surface area contributed by atoms with Crippen molar-refractivity contribution in [2.45, 2.75) is 37.1 Å². The van der Waals surface area contributed by atoms with Gasteiger partial charge in [-0.1, -0.05) is 23.7 Å². The number of hydrogen-bond donors (Lipinski definition) is 8. The summed E-state index contributed by atoms with van der Waals surface area (Å²) < 4.78 is 61.6.